The molecule has 0 aliphatic carbocycles. The Hall–Kier alpha value is -0.220. The van der Waals surface area contributed by atoms with Gasteiger partial charge in [-0.2, -0.15) is 11.8 Å². The maximum atomic E-state index is 10.8. The van der Waals surface area contributed by atoms with Gasteiger partial charge in [-0.1, -0.05) is 0 Å². The van der Waals surface area contributed by atoms with E-state index in [9.17, 15) is 4.79 Å². The number of nitrogens with one attached hydrogen (secondary N) is 2. The molecular weight excluding hydrogens is 172 g/mol. The van der Waals surface area contributed by atoms with Crippen molar-refractivity contribution in [2.24, 2.45) is 0 Å². The SMILES string of the molecule is CNC(=O)CCNC1CCSC1. The molecule has 1 unspecified atom stereocenters. The minimum atomic E-state index is 0.119. The Bertz CT molecular complexity index is 146. The zero-order chi connectivity index (χ0) is 8.81. The van der Waals surface area contributed by atoms with E-state index in [1.54, 1.807) is 7.05 Å². The summed E-state index contributed by atoms with van der Waals surface area (Å²) in [6.07, 6.45) is 1.84. The van der Waals surface area contributed by atoms with Crippen LogP contribution in [0.5, 0.6) is 0 Å². The molecule has 1 heterocycles. The van der Waals surface area contributed by atoms with Crippen molar-refractivity contribution in [3.05, 3.63) is 0 Å². The highest BCUT2D eigenvalue weighted by Crippen LogP contribution is 2.16. The predicted molar refractivity (Wildman–Crippen MR) is 52.4 cm³/mol. The van der Waals surface area contributed by atoms with E-state index < -0.39 is 0 Å². The van der Waals surface area contributed by atoms with Gasteiger partial charge in [0.1, 0.15) is 0 Å². The molecule has 0 bridgehead atoms. The van der Waals surface area contributed by atoms with Crippen LogP contribution in [-0.2, 0) is 4.79 Å². The van der Waals surface area contributed by atoms with Crippen molar-refractivity contribution in [2.75, 3.05) is 25.1 Å². The second kappa shape index (κ2) is 5.43. The molecule has 1 rings (SSSR count). The summed E-state index contributed by atoms with van der Waals surface area (Å²) in [4.78, 5) is 10.8. The molecule has 3 nitrogen and oxygen atoms in total. The fraction of sp³-hybridized carbons (Fsp3) is 0.875. The molecule has 0 spiro atoms. The third-order valence-electron chi connectivity index (χ3n) is 1.99. The number of carbonyl (C=O) groups is 1. The molecule has 1 aliphatic rings. The molecule has 1 amide bonds. The molecule has 1 fully saturated rings. The van der Waals surface area contributed by atoms with Gasteiger partial charge in [-0.05, 0) is 12.2 Å². The van der Waals surface area contributed by atoms with Gasteiger partial charge in [0, 0.05) is 31.8 Å². The van der Waals surface area contributed by atoms with Crippen LogP contribution in [0.3, 0.4) is 0 Å². The highest BCUT2D eigenvalue weighted by Gasteiger charge is 2.14. The Morgan fingerprint density at radius 3 is 3.08 bits per heavy atom. The van der Waals surface area contributed by atoms with E-state index in [2.05, 4.69) is 10.6 Å². The minimum Gasteiger partial charge on any atom is -0.359 e. The molecule has 1 saturated heterocycles. The standard InChI is InChI=1S/C8H16N2OS/c1-9-8(11)2-4-10-7-3-5-12-6-7/h7,10H,2-6H2,1H3,(H,9,11). The van der Waals surface area contributed by atoms with Crippen LogP contribution in [0.4, 0.5) is 0 Å². The van der Waals surface area contributed by atoms with E-state index in [-0.39, 0.29) is 5.91 Å². The van der Waals surface area contributed by atoms with E-state index in [1.807, 2.05) is 11.8 Å². The van der Waals surface area contributed by atoms with Crippen LogP contribution in [0.2, 0.25) is 0 Å². The third kappa shape index (κ3) is 3.45. The van der Waals surface area contributed by atoms with Crippen LogP contribution in [0, 0.1) is 0 Å². The van der Waals surface area contributed by atoms with Gasteiger partial charge in [-0.15, -0.1) is 0 Å². The van der Waals surface area contributed by atoms with Gasteiger partial charge in [0.05, 0.1) is 0 Å². The minimum absolute atomic E-state index is 0.119. The molecule has 0 aromatic carbocycles. The molecule has 1 aliphatic heterocycles. The Morgan fingerprint density at radius 1 is 1.67 bits per heavy atom. The predicted octanol–water partition coefficient (Wildman–Crippen LogP) is 0.218. The lowest BCUT2D eigenvalue weighted by atomic mass is 10.2. The summed E-state index contributed by atoms with van der Waals surface area (Å²) < 4.78 is 0. The van der Waals surface area contributed by atoms with E-state index in [0.29, 0.717) is 12.5 Å². The lowest BCUT2D eigenvalue weighted by Crippen LogP contribution is -2.32. The van der Waals surface area contributed by atoms with Gasteiger partial charge >= 0.3 is 0 Å². The fourth-order valence-corrected chi connectivity index (χ4v) is 2.40. The monoisotopic (exact) mass is 188 g/mol. The summed E-state index contributed by atoms with van der Waals surface area (Å²) in [5.74, 6) is 2.58. The molecule has 2 N–H and O–H groups in total. The summed E-state index contributed by atoms with van der Waals surface area (Å²) in [6, 6.07) is 0.639. The van der Waals surface area contributed by atoms with Crippen molar-refractivity contribution in [3.8, 4) is 0 Å². The van der Waals surface area contributed by atoms with Crippen LogP contribution >= 0.6 is 11.8 Å². The van der Waals surface area contributed by atoms with Gasteiger partial charge in [0.15, 0.2) is 0 Å². The Balaban J connectivity index is 1.97. The Labute approximate surface area is 77.7 Å². The first-order valence-corrected chi connectivity index (χ1v) is 5.50. The highest BCUT2D eigenvalue weighted by molar-refractivity contribution is 7.99. The number of amides is 1. The third-order valence-corrected chi connectivity index (χ3v) is 3.16. The molecule has 12 heavy (non-hydrogen) atoms. The smallest absolute Gasteiger partial charge is 0.221 e. The number of carbonyl (C=O) groups excluding carboxylic acids is 1. The van der Waals surface area contributed by atoms with Crippen molar-refractivity contribution in [1.82, 2.24) is 10.6 Å². The van der Waals surface area contributed by atoms with Crippen LogP contribution in [0.25, 0.3) is 0 Å². The summed E-state index contributed by atoms with van der Waals surface area (Å²) in [5.41, 5.74) is 0. The van der Waals surface area contributed by atoms with Gasteiger partial charge in [0.2, 0.25) is 5.91 Å². The zero-order valence-corrected chi connectivity index (χ0v) is 8.25. The van der Waals surface area contributed by atoms with Gasteiger partial charge in [0.25, 0.3) is 0 Å². The first-order valence-electron chi connectivity index (χ1n) is 4.34. The maximum Gasteiger partial charge on any atom is 0.221 e. The molecular formula is C8H16N2OS. The van der Waals surface area contributed by atoms with Crippen LogP contribution in [0.1, 0.15) is 12.8 Å². The molecule has 1 atom stereocenters. The second-order valence-corrected chi connectivity index (χ2v) is 4.09. The number of rotatable bonds is 4. The van der Waals surface area contributed by atoms with Crippen LogP contribution < -0.4 is 10.6 Å². The van der Waals surface area contributed by atoms with Crippen LogP contribution in [0.15, 0.2) is 0 Å². The molecule has 0 radical (unpaired) electrons. The number of hydrogen-bond acceptors (Lipinski definition) is 3. The van der Waals surface area contributed by atoms with Crippen molar-refractivity contribution in [1.29, 1.82) is 0 Å². The van der Waals surface area contributed by atoms with E-state index >= 15 is 0 Å². The van der Waals surface area contributed by atoms with Crippen LogP contribution in [-0.4, -0.2) is 37.0 Å². The quantitative estimate of drug-likeness (QED) is 0.663. The topological polar surface area (TPSA) is 41.1 Å². The maximum absolute atomic E-state index is 10.8. The summed E-state index contributed by atoms with van der Waals surface area (Å²) in [7, 11) is 1.67. The second-order valence-electron chi connectivity index (χ2n) is 2.94. The summed E-state index contributed by atoms with van der Waals surface area (Å²) >= 11 is 1.98. The average Bonchev–Trinajstić information content (AvgIpc) is 2.57. The van der Waals surface area contributed by atoms with E-state index in [4.69, 9.17) is 0 Å². The summed E-state index contributed by atoms with van der Waals surface area (Å²) in [5, 5.41) is 5.97. The van der Waals surface area contributed by atoms with E-state index in [0.717, 1.165) is 6.54 Å². The lowest BCUT2D eigenvalue weighted by molar-refractivity contribution is -0.120. The lowest BCUT2D eigenvalue weighted by Gasteiger charge is -2.09. The summed E-state index contributed by atoms with van der Waals surface area (Å²) in [6.45, 7) is 0.810. The van der Waals surface area contributed by atoms with Gasteiger partial charge in [-0.25, -0.2) is 0 Å². The normalized spacial score (nSPS) is 22.6. The molecule has 4 heteroatoms. The number of thioether (sulfide) groups is 1. The van der Waals surface area contributed by atoms with Crippen molar-refractivity contribution in [2.45, 2.75) is 18.9 Å². The fourth-order valence-electron chi connectivity index (χ4n) is 1.21. The van der Waals surface area contributed by atoms with Crippen molar-refractivity contribution < 1.29 is 4.79 Å². The number of hydrogen-bond donors (Lipinski definition) is 2. The first kappa shape index (κ1) is 9.86. The zero-order valence-electron chi connectivity index (χ0n) is 7.43. The Morgan fingerprint density at radius 2 is 2.50 bits per heavy atom. The molecule has 0 saturated carbocycles. The largest absolute Gasteiger partial charge is 0.359 e. The van der Waals surface area contributed by atoms with Crippen molar-refractivity contribution >= 4 is 17.7 Å². The van der Waals surface area contributed by atoms with Gasteiger partial charge < -0.3 is 10.6 Å². The van der Waals surface area contributed by atoms with Crippen molar-refractivity contribution in [3.63, 3.8) is 0 Å². The molecule has 70 valence electrons. The average molecular weight is 188 g/mol. The van der Waals surface area contributed by atoms with Gasteiger partial charge in [-0.3, -0.25) is 4.79 Å². The Kier molecular flexibility index (Phi) is 4.46. The highest BCUT2D eigenvalue weighted by atomic mass is 32.2. The molecule has 0 aromatic rings. The van der Waals surface area contributed by atoms with E-state index in [1.165, 1.54) is 17.9 Å². The molecule has 0 aromatic heterocycles. The first-order chi connectivity index (χ1) is 5.83.